The summed E-state index contributed by atoms with van der Waals surface area (Å²) in [6.45, 7) is 11.4. The van der Waals surface area contributed by atoms with E-state index in [1.165, 1.54) is 7.11 Å². The molecule has 10 heteroatoms. The van der Waals surface area contributed by atoms with E-state index in [9.17, 15) is 4.79 Å². The first-order valence-electron chi connectivity index (χ1n) is 20.8. The zero-order valence-electron chi connectivity index (χ0n) is 35.5. The summed E-state index contributed by atoms with van der Waals surface area (Å²) in [6, 6.07) is 45.9. The molecule has 0 bridgehead atoms. The van der Waals surface area contributed by atoms with Crippen molar-refractivity contribution in [2.75, 3.05) is 13.7 Å². The number of esters is 1. The second kappa shape index (κ2) is 19.8. The number of carbonyl (C=O) groups excluding carboxylic acids is 1. The summed E-state index contributed by atoms with van der Waals surface area (Å²) >= 11 is 0. The van der Waals surface area contributed by atoms with E-state index in [4.69, 9.17) is 37.7 Å². The zero-order valence-corrected chi connectivity index (χ0v) is 35.5. The second-order valence-corrected chi connectivity index (χ2v) is 16.6. The van der Waals surface area contributed by atoms with Crippen LogP contribution in [-0.4, -0.2) is 68.5 Å². The summed E-state index contributed by atoms with van der Waals surface area (Å²) in [5.74, 6) is -1.38. The predicted molar refractivity (Wildman–Crippen MR) is 231 cm³/mol. The molecule has 2 aliphatic rings. The Morgan fingerprint density at radius 3 is 1.53 bits per heavy atom. The number of ether oxygens (including phenoxy) is 6. The van der Waals surface area contributed by atoms with Crippen molar-refractivity contribution >= 4 is 18.6 Å². The molecule has 0 aliphatic carbocycles. The molecule has 9 nitrogen and oxygen atoms in total. The van der Waals surface area contributed by atoms with Crippen LogP contribution in [-0.2, 0) is 69.0 Å². The third-order valence-electron chi connectivity index (χ3n) is 11.9. The maximum Gasteiger partial charge on any atom is 0.494 e. The van der Waals surface area contributed by atoms with E-state index in [0.717, 1.165) is 38.8 Å². The Balaban J connectivity index is 1.29. The molecule has 5 aromatic rings. The van der Waals surface area contributed by atoms with E-state index in [1.807, 2.05) is 174 Å². The lowest BCUT2D eigenvalue weighted by Crippen LogP contribution is -2.63. The molecule has 2 aliphatic heterocycles. The van der Waals surface area contributed by atoms with Gasteiger partial charge in [0.25, 0.3) is 0 Å². The summed E-state index contributed by atoms with van der Waals surface area (Å²) in [7, 11) is 0.832. The van der Waals surface area contributed by atoms with Gasteiger partial charge in [0.05, 0.1) is 51.3 Å². The van der Waals surface area contributed by atoms with Crippen LogP contribution in [0.25, 0.3) is 0 Å². The topological polar surface area (TPSA) is 90.9 Å². The van der Waals surface area contributed by atoms with Crippen molar-refractivity contribution in [2.45, 2.75) is 109 Å². The fourth-order valence-electron chi connectivity index (χ4n) is 7.83. The number of rotatable bonds is 17. The minimum absolute atomic E-state index is 0.162. The minimum atomic E-state index is -0.919. The van der Waals surface area contributed by atoms with Crippen molar-refractivity contribution in [1.82, 2.24) is 0 Å². The average molecular weight is 813 g/mol. The van der Waals surface area contributed by atoms with Gasteiger partial charge >= 0.3 is 13.1 Å². The summed E-state index contributed by atoms with van der Waals surface area (Å²) in [5, 5.41) is 0. The van der Waals surface area contributed by atoms with Crippen molar-refractivity contribution in [1.29, 1.82) is 0 Å². The Bertz CT molecular complexity index is 2080. The highest BCUT2D eigenvalue weighted by Gasteiger charge is 2.54. The van der Waals surface area contributed by atoms with Crippen molar-refractivity contribution < 1.29 is 42.5 Å². The van der Waals surface area contributed by atoms with Crippen LogP contribution in [0, 0.1) is 6.92 Å². The molecule has 2 heterocycles. The summed E-state index contributed by atoms with van der Waals surface area (Å²) < 4.78 is 52.8. The van der Waals surface area contributed by atoms with Gasteiger partial charge in [-0.25, -0.2) is 0 Å². The van der Waals surface area contributed by atoms with Crippen molar-refractivity contribution in [3.05, 3.63) is 173 Å². The normalized spacial score (nSPS) is 22.6. The van der Waals surface area contributed by atoms with Crippen LogP contribution < -0.4 is 5.46 Å². The summed E-state index contributed by atoms with van der Waals surface area (Å²) in [5.41, 5.74) is 5.39. The molecule has 60 heavy (non-hydrogen) atoms. The van der Waals surface area contributed by atoms with Crippen LogP contribution in [0.2, 0.25) is 0 Å². The van der Waals surface area contributed by atoms with E-state index < -0.39 is 60.7 Å². The fraction of sp³-hybridized carbons (Fsp3) is 0.380. The number of carbonyl (C=O) groups is 1. The third kappa shape index (κ3) is 10.4. The van der Waals surface area contributed by atoms with E-state index in [2.05, 4.69) is 0 Å². The van der Waals surface area contributed by atoms with Gasteiger partial charge in [0.1, 0.15) is 36.4 Å². The van der Waals surface area contributed by atoms with Crippen LogP contribution in [0.1, 0.15) is 67.0 Å². The van der Waals surface area contributed by atoms with Gasteiger partial charge in [0.15, 0.2) is 0 Å². The Labute approximate surface area is 355 Å². The fourth-order valence-corrected chi connectivity index (χ4v) is 7.83. The molecule has 0 aromatic heterocycles. The van der Waals surface area contributed by atoms with Crippen molar-refractivity contribution in [3.8, 4) is 0 Å². The Hall–Kier alpha value is -4.65. The molecular formula is C50H57BO9. The number of hydrogen-bond acceptors (Lipinski definition) is 9. The molecule has 0 amide bonds. The lowest BCUT2D eigenvalue weighted by Gasteiger charge is -2.48. The lowest BCUT2D eigenvalue weighted by molar-refractivity contribution is -0.276. The van der Waals surface area contributed by atoms with Crippen molar-refractivity contribution in [3.63, 3.8) is 0 Å². The van der Waals surface area contributed by atoms with Gasteiger partial charge in [0, 0.05) is 0 Å². The van der Waals surface area contributed by atoms with Crippen LogP contribution in [0.3, 0.4) is 0 Å². The van der Waals surface area contributed by atoms with Gasteiger partial charge in [-0.15, -0.1) is 0 Å². The molecule has 0 spiro atoms. The van der Waals surface area contributed by atoms with Crippen LogP contribution in [0.15, 0.2) is 140 Å². The van der Waals surface area contributed by atoms with Crippen molar-refractivity contribution in [2.24, 2.45) is 0 Å². The predicted octanol–water partition coefficient (Wildman–Crippen LogP) is 8.29. The molecule has 0 unspecified atom stereocenters. The third-order valence-corrected chi connectivity index (χ3v) is 11.9. The highest BCUT2D eigenvalue weighted by Crippen LogP contribution is 2.40. The number of methoxy groups -OCH3 is 1. The SMILES string of the molecule is COC(=O)[C@H](c1ccc(B2OC(C)(C)C(C)(C)O2)cc1C)[C@H]1O[C@H](COCc2ccccc2)[C@@H](OCc2ccccc2)[C@@H](OCc2ccccc2)[C@H]1OCc1ccccc1. The van der Waals surface area contributed by atoms with Gasteiger partial charge in [-0.1, -0.05) is 140 Å². The largest absolute Gasteiger partial charge is 0.494 e. The van der Waals surface area contributed by atoms with Gasteiger partial charge in [-0.2, -0.15) is 0 Å². The van der Waals surface area contributed by atoms with E-state index in [1.54, 1.807) is 0 Å². The molecule has 314 valence electrons. The first kappa shape index (κ1) is 43.4. The number of benzene rings is 5. The monoisotopic (exact) mass is 812 g/mol. The van der Waals surface area contributed by atoms with E-state index in [-0.39, 0.29) is 19.8 Å². The maximum atomic E-state index is 14.4. The maximum absolute atomic E-state index is 14.4. The van der Waals surface area contributed by atoms with Crippen LogP contribution in [0.4, 0.5) is 0 Å². The smallest absolute Gasteiger partial charge is 0.468 e. The Morgan fingerprint density at radius 1 is 0.617 bits per heavy atom. The zero-order chi connectivity index (χ0) is 42.1. The first-order valence-corrected chi connectivity index (χ1v) is 20.8. The Morgan fingerprint density at radius 2 is 1.07 bits per heavy atom. The van der Waals surface area contributed by atoms with Crippen LogP contribution in [0.5, 0.6) is 0 Å². The minimum Gasteiger partial charge on any atom is -0.468 e. The molecule has 0 radical (unpaired) electrons. The average Bonchev–Trinajstić information content (AvgIpc) is 3.49. The standard InChI is InChI=1S/C50H57BO9/c1-35-29-40(51-59-49(2,3)50(4,5)60-51)27-28-41(35)43(48(52)53-6)45-47(57-33-39-25-17-10-18-26-39)46(56-32-38-23-15-9-16-24-38)44(55-31-37-21-13-8-14-22-37)42(58-45)34-54-30-36-19-11-7-12-20-36/h7-29,42-47H,30-34H2,1-6H3/t42-,43-,44-,45-,46-,47+/m1/s1. The summed E-state index contributed by atoms with van der Waals surface area (Å²) in [4.78, 5) is 14.4. The molecule has 5 aromatic carbocycles. The highest BCUT2D eigenvalue weighted by atomic mass is 16.7. The van der Waals surface area contributed by atoms with E-state index in [0.29, 0.717) is 13.2 Å². The molecule has 0 saturated carbocycles. The van der Waals surface area contributed by atoms with Gasteiger partial charge < -0.3 is 37.7 Å². The van der Waals surface area contributed by atoms with E-state index >= 15 is 0 Å². The Kier molecular flexibility index (Phi) is 14.4. The van der Waals surface area contributed by atoms with Gasteiger partial charge in [-0.05, 0) is 73.5 Å². The molecule has 0 N–H and O–H groups in total. The molecule has 2 fully saturated rings. The van der Waals surface area contributed by atoms with Gasteiger partial charge in [-0.3, -0.25) is 4.79 Å². The number of hydrogen-bond donors (Lipinski definition) is 0. The lowest BCUT2D eigenvalue weighted by atomic mass is 9.75. The number of aryl methyl sites for hydroxylation is 1. The van der Waals surface area contributed by atoms with Gasteiger partial charge in [0.2, 0.25) is 0 Å². The molecular weight excluding hydrogens is 755 g/mol. The molecule has 2 saturated heterocycles. The van der Waals surface area contributed by atoms with Crippen LogP contribution >= 0.6 is 0 Å². The first-order chi connectivity index (χ1) is 29.0. The molecule has 6 atom stereocenters. The highest BCUT2D eigenvalue weighted by molar-refractivity contribution is 6.62. The quantitative estimate of drug-likeness (QED) is 0.0680. The second-order valence-electron chi connectivity index (χ2n) is 16.6. The molecule has 7 rings (SSSR count). The summed E-state index contributed by atoms with van der Waals surface area (Å²) in [6.07, 6.45) is -3.72.